The fourth-order valence-corrected chi connectivity index (χ4v) is 3.23. The summed E-state index contributed by atoms with van der Waals surface area (Å²) in [6.07, 6.45) is 0.0679. The lowest BCUT2D eigenvalue weighted by molar-refractivity contribution is -0.384. The van der Waals surface area contributed by atoms with E-state index >= 15 is 0 Å². The van der Waals surface area contributed by atoms with Crippen LogP contribution < -0.4 is 16.2 Å². The Morgan fingerprint density at radius 2 is 1.96 bits per heavy atom. The Hall–Kier alpha value is -2.89. The molecular formula is C14H13N5O5S. The lowest BCUT2D eigenvalue weighted by Gasteiger charge is -2.11. The van der Waals surface area contributed by atoms with E-state index in [0.717, 1.165) is 16.9 Å². The first-order valence-corrected chi connectivity index (χ1v) is 8.06. The van der Waals surface area contributed by atoms with Crippen LogP contribution in [0.3, 0.4) is 0 Å². The fourth-order valence-electron chi connectivity index (χ4n) is 2.50. The average molecular weight is 363 g/mol. The van der Waals surface area contributed by atoms with E-state index in [1.54, 1.807) is 12.1 Å². The molecule has 1 aromatic carbocycles. The second-order valence-electron chi connectivity index (χ2n) is 5.35. The second kappa shape index (κ2) is 6.93. The SMILES string of the molecule is O=C(NC1CC(c2cccc([N+](=O)[O-])c2)NN1)c1ccc([N+](=O)[O-])s1. The minimum absolute atomic E-state index is 0.00215. The molecule has 3 N–H and O–H groups in total. The summed E-state index contributed by atoms with van der Waals surface area (Å²) < 4.78 is 0. The van der Waals surface area contributed by atoms with Gasteiger partial charge >= 0.3 is 5.00 Å². The van der Waals surface area contributed by atoms with Gasteiger partial charge < -0.3 is 5.32 Å². The number of carbonyl (C=O) groups excluding carboxylic acids is 1. The third kappa shape index (κ3) is 3.79. The molecule has 0 radical (unpaired) electrons. The molecule has 1 aromatic heterocycles. The van der Waals surface area contributed by atoms with Gasteiger partial charge in [-0.1, -0.05) is 23.5 Å². The summed E-state index contributed by atoms with van der Waals surface area (Å²) in [5.41, 5.74) is 6.61. The first kappa shape index (κ1) is 17.0. The number of benzene rings is 1. The summed E-state index contributed by atoms with van der Waals surface area (Å²) in [4.78, 5) is 32.9. The van der Waals surface area contributed by atoms with Gasteiger partial charge in [0.2, 0.25) is 0 Å². The Morgan fingerprint density at radius 1 is 1.16 bits per heavy atom. The monoisotopic (exact) mass is 363 g/mol. The van der Waals surface area contributed by atoms with Gasteiger partial charge in [0, 0.05) is 30.7 Å². The van der Waals surface area contributed by atoms with Gasteiger partial charge in [0.05, 0.1) is 20.9 Å². The van der Waals surface area contributed by atoms with E-state index in [1.807, 2.05) is 0 Å². The van der Waals surface area contributed by atoms with Crippen molar-refractivity contribution in [2.24, 2.45) is 0 Å². The standard InChI is InChI=1S/C14H13N5O5S/c20-14(11-4-5-13(25-11)19(23)24)15-12-7-10(16-17-12)8-2-1-3-9(6-8)18(21)22/h1-6,10,12,16-17H,7H2,(H,15,20). The Bertz CT molecular complexity index is 839. The Balaban J connectivity index is 1.62. The number of amides is 1. The van der Waals surface area contributed by atoms with Gasteiger partial charge in [-0.2, -0.15) is 0 Å². The Labute approximate surface area is 145 Å². The maximum Gasteiger partial charge on any atom is 0.324 e. The zero-order chi connectivity index (χ0) is 18.0. The Kier molecular flexibility index (Phi) is 4.70. The molecule has 10 nitrogen and oxygen atoms in total. The van der Waals surface area contributed by atoms with Crippen molar-refractivity contribution in [2.45, 2.75) is 18.6 Å². The number of thiophene rings is 1. The number of rotatable bonds is 5. The molecule has 2 aromatic rings. The van der Waals surface area contributed by atoms with Gasteiger partial charge in [0.15, 0.2) is 0 Å². The molecule has 0 aliphatic carbocycles. The van der Waals surface area contributed by atoms with Crippen molar-refractivity contribution >= 4 is 27.9 Å². The third-order valence-corrected chi connectivity index (χ3v) is 4.72. The highest BCUT2D eigenvalue weighted by molar-refractivity contribution is 7.17. The van der Waals surface area contributed by atoms with Crippen molar-refractivity contribution in [3.63, 3.8) is 0 Å². The Morgan fingerprint density at radius 3 is 2.64 bits per heavy atom. The van der Waals surface area contributed by atoms with Crippen LogP contribution in [0, 0.1) is 20.2 Å². The molecule has 0 spiro atoms. The van der Waals surface area contributed by atoms with Crippen LogP contribution in [0.25, 0.3) is 0 Å². The summed E-state index contributed by atoms with van der Waals surface area (Å²) in [5, 5.41) is 24.1. The molecule has 1 amide bonds. The topological polar surface area (TPSA) is 139 Å². The van der Waals surface area contributed by atoms with E-state index in [9.17, 15) is 25.0 Å². The summed E-state index contributed by atoms with van der Waals surface area (Å²) in [6, 6.07) is 8.74. The van der Waals surface area contributed by atoms with Crippen LogP contribution in [0.15, 0.2) is 36.4 Å². The molecule has 1 saturated heterocycles. The first-order chi connectivity index (χ1) is 11.9. The number of hydrazine groups is 1. The number of non-ortho nitro benzene ring substituents is 1. The molecule has 2 heterocycles. The highest BCUT2D eigenvalue weighted by atomic mass is 32.1. The predicted octanol–water partition coefficient (Wildman–Crippen LogP) is 1.86. The van der Waals surface area contributed by atoms with Gasteiger partial charge in [-0.25, -0.2) is 10.9 Å². The van der Waals surface area contributed by atoms with Crippen molar-refractivity contribution in [1.82, 2.24) is 16.2 Å². The van der Waals surface area contributed by atoms with Gasteiger partial charge in [0.25, 0.3) is 11.6 Å². The smallest absolute Gasteiger partial charge is 0.324 e. The number of hydrogen-bond donors (Lipinski definition) is 3. The number of nitro groups is 2. The maximum absolute atomic E-state index is 12.1. The van der Waals surface area contributed by atoms with Crippen molar-refractivity contribution < 1.29 is 14.6 Å². The quantitative estimate of drug-likeness (QED) is 0.544. The van der Waals surface area contributed by atoms with Crippen molar-refractivity contribution in [2.75, 3.05) is 0 Å². The molecule has 1 fully saturated rings. The van der Waals surface area contributed by atoms with Gasteiger partial charge in [-0.3, -0.25) is 25.0 Å². The highest BCUT2D eigenvalue weighted by Crippen LogP contribution is 2.26. The molecular weight excluding hydrogens is 350 g/mol. The lowest BCUT2D eigenvalue weighted by atomic mass is 10.0. The normalized spacial score (nSPS) is 19.5. The number of nitrogens with zero attached hydrogens (tertiary/aromatic N) is 2. The molecule has 1 aliphatic rings. The number of carbonyl (C=O) groups is 1. The van der Waals surface area contributed by atoms with Crippen LogP contribution >= 0.6 is 11.3 Å². The number of nitrogens with one attached hydrogen (secondary N) is 3. The van der Waals surface area contributed by atoms with Crippen LogP contribution in [0.4, 0.5) is 10.7 Å². The zero-order valence-electron chi connectivity index (χ0n) is 12.7. The largest absolute Gasteiger partial charge is 0.335 e. The zero-order valence-corrected chi connectivity index (χ0v) is 13.5. The third-order valence-electron chi connectivity index (χ3n) is 3.69. The first-order valence-electron chi connectivity index (χ1n) is 7.24. The maximum atomic E-state index is 12.1. The van der Waals surface area contributed by atoms with Crippen LogP contribution in [0.2, 0.25) is 0 Å². The van der Waals surface area contributed by atoms with Crippen LogP contribution in [0.5, 0.6) is 0 Å². The molecule has 0 saturated carbocycles. The van der Waals surface area contributed by atoms with E-state index in [2.05, 4.69) is 16.2 Å². The van der Waals surface area contributed by atoms with Crippen LogP contribution in [0.1, 0.15) is 27.7 Å². The minimum atomic E-state index is -0.546. The predicted molar refractivity (Wildman–Crippen MR) is 89.0 cm³/mol. The summed E-state index contributed by atoms with van der Waals surface area (Å²) in [5.74, 6) is -0.419. The number of hydrogen-bond acceptors (Lipinski definition) is 8. The molecule has 25 heavy (non-hydrogen) atoms. The van der Waals surface area contributed by atoms with Crippen LogP contribution in [-0.4, -0.2) is 21.9 Å². The molecule has 2 atom stereocenters. The van der Waals surface area contributed by atoms with E-state index in [-0.39, 0.29) is 21.6 Å². The van der Waals surface area contributed by atoms with Gasteiger partial charge in [0.1, 0.15) is 0 Å². The number of nitro benzene ring substituents is 1. The second-order valence-corrected chi connectivity index (χ2v) is 6.41. The molecule has 130 valence electrons. The molecule has 11 heteroatoms. The molecule has 1 aliphatic heterocycles. The van der Waals surface area contributed by atoms with E-state index in [1.165, 1.54) is 24.3 Å². The summed E-state index contributed by atoms with van der Waals surface area (Å²) >= 11 is 0.801. The van der Waals surface area contributed by atoms with Crippen molar-refractivity contribution in [3.8, 4) is 0 Å². The van der Waals surface area contributed by atoms with Gasteiger partial charge in [-0.05, 0) is 11.6 Å². The average Bonchev–Trinajstić information content (AvgIpc) is 3.24. The minimum Gasteiger partial charge on any atom is -0.335 e. The summed E-state index contributed by atoms with van der Waals surface area (Å²) in [7, 11) is 0. The molecule has 2 unspecified atom stereocenters. The van der Waals surface area contributed by atoms with Gasteiger partial charge in [-0.15, -0.1) is 0 Å². The van der Waals surface area contributed by atoms with E-state index in [0.29, 0.717) is 6.42 Å². The van der Waals surface area contributed by atoms with Crippen molar-refractivity contribution in [1.29, 1.82) is 0 Å². The lowest BCUT2D eigenvalue weighted by Crippen LogP contribution is -2.43. The van der Waals surface area contributed by atoms with Crippen LogP contribution in [-0.2, 0) is 0 Å². The van der Waals surface area contributed by atoms with Crippen molar-refractivity contribution in [3.05, 3.63) is 67.1 Å². The summed E-state index contributed by atoms with van der Waals surface area (Å²) in [6.45, 7) is 0. The van der Waals surface area contributed by atoms with E-state index < -0.39 is 21.9 Å². The fraction of sp³-hybridized carbons (Fsp3) is 0.214. The highest BCUT2D eigenvalue weighted by Gasteiger charge is 2.28. The van der Waals surface area contributed by atoms with E-state index in [4.69, 9.17) is 0 Å². The molecule has 0 bridgehead atoms. The molecule has 3 rings (SSSR count).